The fourth-order valence-electron chi connectivity index (χ4n) is 3.11. The maximum atomic E-state index is 14.7. The first-order chi connectivity index (χ1) is 11.6. The van der Waals surface area contributed by atoms with Gasteiger partial charge in [0.15, 0.2) is 0 Å². The van der Waals surface area contributed by atoms with Crippen molar-refractivity contribution in [3.63, 3.8) is 0 Å². The molecule has 1 atom stereocenters. The van der Waals surface area contributed by atoms with Gasteiger partial charge >= 0.3 is 0 Å². The summed E-state index contributed by atoms with van der Waals surface area (Å²) in [4.78, 5) is 0. The third-order valence-electron chi connectivity index (χ3n) is 4.70. The summed E-state index contributed by atoms with van der Waals surface area (Å²) >= 11 is 0. The van der Waals surface area contributed by atoms with Gasteiger partial charge in [-0.3, -0.25) is 5.01 Å². The molecule has 2 N–H and O–H groups in total. The fraction of sp³-hybridized carbons (Fsp3) is 0.200. The Morgan fingerprint density at radius 3 is 2.58 bits per heavy atom. The highest BCUT2D eigenvalue weighted by molar-refractivity contribution is 5.65. The highest BCUT2D eigenvalue weighted by atomic mass is 19.1. The first-order valence-corrected chi connectivity index (χ1v) is 8.16. The van der Waals surface area contributed by atoms with E-state index < -0.39 is 0 Å². The van der Waals surface area contributed by atoms with E-state index in [1.807, 2.05) is 35.4 Å². The van der Waals surface area contributed by atoms with Gasteiger partial charge in [0.2, 0.25) is 0 Å². The van der Waals surface area contributed by atoms with Crippen LogP contribution in [0.3, 0.4) is 0 Å². The molecular weight excluding hydrogens is 301 g/mol. The Bertz CT molecular complexity index is 854. The smallest absolute Gasteiger partial charge is 0.130 e. The van der Waals surface area contributed by atoms with E-state index in [0.29, 0.717) is 5.56 Å². The standard InChI is InChI=1S/C20H20FN3/c1-13-6-7-15(11-14(13)2)16-8-9-17(18(21)12-16)20-22-19-5-3-4-10-24(19)23-20/h3-9,11-12,20,22-23H,10H2,1-2H3. The molecule has 2 aliphatic rings. The van der Waals surface area contributed by atoms with Crippen LogP contribution in [-0.4, -0.2) is 11.6 Å². The number of nitrogens with zero attached hydrogens (tertiary/aromatic N) is 1. The van der Waals surface area contributed by atoms with Gasteiger partial charge in [-0.1, -0.05) is 42.5 Å². The Morgan fingerprint density at radius 1 is 1.04 bits per heavy atom. The van der Waals surface area contributed by atoms with Crippen LogP contribution in [0.4, 0.5) is 4.39 Å². The molecule has 1 unspecified atom stereocenters. The normalized spacial score (nSPS) is 19.0. The summed E-state index contributed by atoms with van der Waals surface area (Å²) in [5, 5.41) is 5.30. The minimum absolute atomic E-state index is 0.205. The number of rotatable bonds is 2. The van der Waals surface area contributed by atoms with E-state index in [0.717, 1.165) is 23.5 Å². The molecule has 1 fully saturated rings. The lowest BCUT2D eigenvalue weighted by molar-refractivity contribution is 0.294. The number of hydrogen-bond donors (Lipinski definition) is 2. The van der Waals surface area contributed by atoms with E-state index in [9.17, 15) is 4.39 Å². The largest absolute Gasteiger partial charge is 0.350 e. The average molecular weight is 321 g/mol. The first-order valence-electron chi connectivity index (χ1n) is 8.16. The molecule has 0 aromatic heterocycles. The van der Waals surface area contributed by atoms with E-state index in [4.69, 9.17) is 0 Å². The van der Waals surface area contributed by atoms with E-state index in [1.54, 1.807) is 6.07 Å². The van der Waals surface area contributed by atoms with Gasteiger partial charge in [-0.05, 0) is 48.2 Å². The SMILES string of the molecule is Cc1ccc(-c2ccc(C3NC4=CC=CCN4N3)c(F)c2)cc1C. The Morgan fingerprint density at radius 2 is 1.83 bits per heavy atom. The predicted octanol–water partition coefficient (Wildman–Crippen LogP) is 3.93. The van der Waals surface area contributed by atoms with Crippen molar-refractivity contribution in [1.82, 2.24) is 15.8 Å². The van der Waals surface area contributed by atoms with Gasteiger partial charge in [-0.2, -0.15) is 0 Å². The topological polar surface area (TPSA) is 27.3 Å². The molecule has 24 heavy (non-hydrogen) atoms. The number of fused-ring (bicyclic) bond motifs is 1. The van der Waals surface area contributed by atoms with Gasteiger partial charge in [0.25, 0.3) is 0 Å². The summed E-state index contributed by atoms with van der Waals surface area (Å²) in [6.07, 6.45) is 5.80. The lowest BCUT2D eigenvalue weighted by Crippen LogP contribution is -2.32. The molecule has 122 valence electrons. The van der Waals surface area contributed by atoms with Crippen LogP contribution in [0.25, 0.3) is 11.1 Å². The van der Waals surface area contributed by atoms with Crippen molar-refractivity contribution in [2.75, 3.05) is 6.54 Å². The molecule has 0 amide bonds. The minimum Gasteiger partial charge on any atom is -0.350 e. The molecular formula is C20H20FN3. The summed E-state index contributed by atoms with van der Waals surface area (Å²) in [6, 6.07) is 11.7. The predicted molar refractivity (Wildman–Crippen MR) is 94.3 cm³/mol. The molecule has 1 saturated heterocycles. The summed E-state index contributed by atoms with van der Waals surface area (Å²) in [5.41, 5.74) is 8.31. The van der Waals surface area contributed by atoms with Crippen molar-refractivity contribution in [2.24, 2.45) is 0 Å². The molecule has 0 aliphatic carbocycles. The number of hydrazine groups is 1. The Labute approximate surface area is 141 Å². The van der Waals surface area contributed by atoms with Crippen LogP contribution in [0.1, 0.15) is 22.9 Å². The second-order valence-electron chi connectivity index (χ2n) is 6.33. The van der Waals surface area contributed by atoms with Gasteiger partial charge in [-0.15, -0.1) is 0 Å². The van der Waals surface area contributed by atoms with Crippen LogP contribution in [0.2, 0.25) is 0 Å². The zero-order chi connectivity index (χ0) is 16.7. The highest BCUT2D eigenvalue weighted by Gasteiger charge is 2.28. The molecule has 2 heterocycles. The molecule has 0 radical (unpaired) electrons. The van der Waals surface area contributed by atoms with Crippen molar-refractivity contribution in [3.8, 4) is 11.1 Å². The summed E-state index contributed by atoms with van der Waals surface area (Å²) in [6.45, 7) is 4.93. The molecule has 0 saturated carbocycles. The Balaban J connectivity index is 1.62. The van der Waals surface area contributed by atoms with Crippen molar-refractivity contribution >= 4 is 0 Å². The second kappa shape index (κ2) is 5.80. The first kappa shape index (κ1) is 15.0. The van der Waals surface area contributed by atoms with Gasteiger partial charge in [0.05, 0.1) is 6.54 Å². The van der Waals surface area contributed by atoms with E-state index in [-0.39, 0.29) is 12.0 Å². The number of halogens is 1. The fourth-order valence-corrected chi connectivity index (χ4v) is 3.11. The van der Waals surface area contributed by atoms with E-state index in [1.165, 1.54) is 11.1 Å². The zero-order valence-corrected chi connectivity index (χ0v) is 13.8. The molecule has 2 aromatic rings. The molecule has 4 rings (SSSR count). The van der Waals surface area contributed by atoms with Gasteiger partial charge in [-0.25, -0.2) is 9.82 Å². The number of aryl methyl sites for hydroxylation is 2. The number of allylic oxidation sites excluding steroid dienone is 2. The maximum absolute atomic E-state index is 14.7. The third-order valence-corrected chi connectivity index (χ3v) is 4.70. The Hall–Kier alpha value is -2.59. The average Bonchev–Trinajstić information content (AvgIpc) is 3.01. The molecule has 2 aromatic carbocycles. The molecule has 2 aliphatic heterocycles. The number of nitrogens with one attached hydrogen (secondary N) is 2. The van der Waals surface area contributed by atoms with Crippen LogP contribution < -0.4 is 10.7 Å². The zero-order valence-electron chi connectivity index (χ0n) is 13.8. The lowest BCUT2D eigenvalue weighted by Gasteiger charge is -2.18. The van der Waals surface area contributed by atoms with Crippen LogP contribution >= 0.6 is 0 Å². The monoisotopic (exact) mass is 321 g/mol. The molecule has 3 nitrogen and oxygen atoms in total. The van der Waals surface area contributed by atoms with Gasteiger partial charge < -0.3 is 5.32 Å². The number of benzene rings is 2. The molecule has 0 spiro atoms. The van der Waals surface area contributed by atoms with Gasteiger partial charge in [0.1, 0.15) is 17.8 Å². The van der Waals surface area contributed by atoms with Crippen LogP contribution in [0.15, 0.2) is 60.4 Å². The summed E-state index contributed by atoms with van der Waals surface area (Å²) in [7, 11) is 0. The molecule has 0 bridgehead atoms. The van der Waals surface area contributed by atoms with Crippen molar-refractivity contribution < 1.29 is 4.39 Å². The van der Waals surface area contributed by atoms with Crippen LogP contribution in [0.5, 0.6) is 0 Å². The summed E-state index contributed by atoms with van der Waals surface area (Å²) < 4.78 is 14.7. The van der Waals surface area contributed by atoms with Crippen molar-refractivity contribution in [2.45, 2.75) is 20.0 Å². The quantitative estimate of drug-likeness (QED) is 0.877. The van der Waals surface area contributed by atoms with Gasteiger partial charge in [0, 0.05) is 5.56 Å². The third kappa shape index (κ3) is 2.59. The highest BCUT2D eigenvalue weighted by Crippen LogP contribution is 2.28. The second-order valence-corrected chi connectivity index (χ2v) is 6.33. The summed E-state index contributed by atoms with van der Waals surface area (Å²) in [5.74, 6) is 0.768. The van der Waals surface area contributed by atoms with Crippen LogP contribution in [-0.2, 0) is 0 Å². The Kier molecular flexibility index (Phi) is 3.62. The van der Waals surface area contributed by atoms with E-state index >= 15 is 0 Å². The van der Waals surface area contributed by atoms with Crippen molar-refractivity contribution in [3.05, 3.63) is 83.0 Å². The van der Waals surface area contributed by atoms with Crippen LogP contribution in [0, 0.1) is 19.7 Å². The van der Waals surface area contributed by atoms with Crippen molar-refractivity contribution in [1.29, 1.82) is 0 Å². The minimum atomic E-state index is -0.245. The maximum Gasteiger partial charge on any atom is 0.130 e. The van der Waals surface area contributed by atoms with E-state index in [2.05, 4.69) is 42.8 Å². The number of hydrogen-bond acceptors (Lipinski definition) is 3. The lowest BCUT2D eigenvalue weighted by atomic mass is 9.99. The molecule has 4 heteroatoms.